The van der Waals surface area contributed by atoms with E-state index in [1.165, 1.54) is 16.3 Å². The highest BCUT2D eigenvalue weighted by Gasteiger charge is 2.26. The molecule has 6 nitrogen and oxygen atoms in total. The van der Waals surface area contributed by atoms with E-state index in [0.717, 1.165) is 10.4 Å². The zero-order chi connectivity index (χ0) is 18.7. The second-order valence-electron chi connectivity index (χ2n) is 6.27. The Morgan fingerprint density at radius 2 is 2.19 bits per heavy atom. The Morgan fingerprint density at radius 3 is 2.92 bits per heavy atom. The van der Waals surface area contributed by atoms with Crippen molar-refractivity contribution in [3.63, 3.8) is 0 Å². The number of amides is 2. The van der Waals surface area contributed by atoms with E-state index in [1.807, 2.05) is 38.1 Å². The summed E-state index contributed by atoms with van der Waals surface area (Å²) in [6.45, 7) is 3.73. The van der Waals surface area contributed by atoms with E-state index in [0.29, 0.717) is 35.1 Å². The zero-order valence-electron chi connectivity index (χ0n) is 14.5. The molecule has 2 aromatic rings. The molecular formula is C18H19ClN4O2S. The van der Waals surface area contributed by atoms with Gasteiger partial charge in [0.15, 0.2) is 5.13 Å². The summed E-state index contributed by atoms with van der Waals surface area (Å²) in [6, 6.07) is 7.57. The van der Waals surface area contributed by atoms with Crippen LogP contribution in [0.15, 0.2) is 35.6 Å². The minimum atomic E-state index is -0.313. The molecule has 0 aliphatic carbocycles. The molecule has 0 fully saturated rings. The number of carbonyl (C=O) groups is 2. The van der Waals surface area contributed by atoms with Crippen LogP contribution in [0, 0.1) is 0 Å². The Hall–Kier alpha value is -2.25. The Labute approximate surface area is 160 Å². The number of thiazole rings is 1. The van der Waals surface area contributed by atoms with Gasteiger partial charge in [0.05, 0.1) is 0 Å². The zero-order valence-corrected chi connectivity index (χ0v) is 16.1. The van der Waals surface area contributed by atoms with Crippen molar-refractivity contribution >= 4 is 45.6 Å². The van der Waals surface area contributed by atoms with E-state index in [1.54, 1.807) is 6.20 Å². The summed E-state index contributed by atoms with van der Waals surface area (Å²) in [7, 11) is 0. The third-order valence-corrected chi connectivity index (χ3v) is 5.00. The second kappa shape index (κ2) is 7.97. The van der Waals surface area contributed by atoms with Crippen molar-refractivity contribution in [2.45, 2.75) is 39.2 Å². The Bertz CT molecular complexity index is 862. The summed E-state index contributed by atoms with van der Waals surface area (Å²) < 4.78 is 0. The SMILES string of the molecule is CC(C)N1N=C(C(=O)Nc2ncc(Cc3cccc(Cl)c3)s2)CCC1=O. The second-order valence-corrected chi connectivity index (χ2v) is 7.82. The van der Waals surface area contributed by atoms with Gasteiger partial charge in [0.1, 0.15) is 5.71 Å². The molecule has 3 rings (SSSR count). The van der Waals surface area contributed by atoms with Crippen LogP contribution in [0.3, 0.4) is 0 Å². The Morgan fingerprint density at radius 1 is 1.38 bits per heavy atom. The third kappa shape index (κ3) is 4.47. The normalized spacial score (nSPS) is 14.5. The maximum absolute atomic E-state index is 12.4. The number of benzene rings is 1. The molecule has 0 atom stereocenters. The van der Waals surface area contributed by atoms with Gasteiger partial charge in [-0.15, -0.1) is 11.3 Å². The third-order valence-electron chi connectivity index (χ3n) is 3.85. The first-order valence-corrected chi connectivity index (χ1v) is 9.52. The van der Waals surface area contributed by atoms with E-state index in [-0.39, 0.29) is 17.9 Å². The minimum absolute atomic E-state index is 0.0605. The summed E-state index contributed by atoms with van der Waals surface area (Å²) in [6.07, 6.45) is 3.08. The lowest BCUT2D eigenvalue weighted by atomic mass is 10.1. The van der Waals surface area contributed by atoms with Gasteiger partial charge in [0.25, 0.3) is 5.91 Å². The van der Waals surface area contributed by atoms with Crippen LogP contribution in [0.1, 0.15) is 37.1 Å². The van der Waals surface area contributed by atoms with E-state index in [4.69, 9.17) is 11.6 Å². The van der Waals surface area contributed by atoms with Crippen LogP contribution >= 0.6 is 22.9 Å². The van der Waals surface area contributed by atoms with E-state index >= 15 is 0 Å². The molecule has 0 saturated heterocycles. The molecular weight excluding hydrogens is 372 g/mol. The minimum Gasteiger partial charge on any atom is -0.297 e. The summed E-state index contributed by atoms with van der Waals surface area (Å²) >= 11 is 7.42. The summed E-state index contributed by atoms with van der Waals surface area (Å²) in [5, 5.41) is 9.55. The van der Waals surface area contributed by atoms with Gasteiger partial charge in [-0.05, 0) is 31.5 Å². The van der Waals surface area contributed by atoms with Crippen LogP contribution in [0.4, 0.5) is 5.13 Å². The highest BCUT2D eigenvalue weighted by molar-refractivity contribution is 7.15. The monoisotopic (exact) mass is 390 g/mol. The van der Waals surface area contributed by atoms with Crippen LogP contribution in [0.25, 0.3) is 0 Å². The molecule has 26 heavy (non-hydrogen) atoms. The van der Waals surface area contributed by atoms with Crippen molar-refractivity contribution < 1.29 is 9.59 Å². The number of aromatic nitrogens is 1. The molecule has 1 aromatic heterocycles. The lowest BCUT2D eigenvalue weighted by Gasteiger charge is -2.26. The number of halogens is 1. The number of nitrogens with one attached hydrogen (secondary N) is 1. The predicted octanol–water partition coefficient (Wildman–Crippen LogP) is 3.71. The van der Waals surface area contributed by atoms with Crippen LogP contribution < -0.4 is 5.32 Å². The first kappa shape index (κ1) is 18.5. The molecule has 0 spiro atoms. The van der Waals surface area contributed by atoms with Crippen molar-refractivity contribution in [2.75, 3.05) is 5.32 Å². The van der Waals surface area contributed by atoms with Crippen molar-refractivity contribution in [1.29, 1.82) is 0 Å². The molecule has 0 bridgehead atoms. The van der Waals surface area contributed by atoms with Crippen molar-refractivity contribution in [2.24, 2.45) is 5.10 Å². The van der Waals surface area contributed by atoms with Gasteiger partial charge in [-0.1, -0.05) is 23.7 Å². The lowest BCUT2D eigenvalue weighted by Crippen LogP contribution is -2.39. The first-order chi connectivity index (χ1) is 12.4. The molecule has 0 unspecified atom stereocenters. The van der Waals surface area contributed by atoms with Crippen LogP contribution in [0.5, 0.6) is 0 Å². The highest BCUT2D eigenvalue weighted by atomic mass is 35.5. The average Bonchev–Trinajstić information content (AvgIpc) is 3.01. The largest absolute Gasteiger partial charge is 0.297 e. The molecule has 2 heterocycles. The molecule has 8 heteroatoms. The molecule has 0 saturated carbocycles. The standard InChI is InChI=1S/C18H19ClN4O2S/c1-11(2)23-16(24)7-6-15(22-23)17(25)21-18-20-10-14(26-18)9-12-4-3-5-13(19)8-12/h3-5,8,10-11H,6-7,9H2,1-2H3,(H,20,21,25). The fraction of sp³-hybridized carbons (Fsp3) is 0.333. The fourth-order valence-corrected chi connectivity index (χ4v) is 3.66. The van der Waals surface area contributed by atoms with Crippen LogP contribution in [-0.2, 0) is 16.0 Å². The first-order valence-electron chi connectivity index (χ1n) is 8.32. The topological polar surface area (TPSA) is 74.7 Å². The number of carbonyl (C=O) groups excluding carboxylic acids is 2. The Balaban J connectivity index is 1.66. The fourth-order valence-electron chi connectivity index (χ4n) is 2.60. The van der Waals surface area contributed by atoms with E-state index in [2.05, 4.69) is 15.4 Å². The van der Waals surface area contributed by atoms with Crippen LogP contribution in [-0.4, -0.2) is 33.6 Å². The summed E-state index contributed by atoms with van der Waals surface area (Å²) in [5.41, 5.74) is 1.44. The average molecular weight is 391 g/mol. The number of nitrogens with zero attached hydrogens (tertiary/aromatic N) is 3. The number of hydrogen-bond donors (Lipinski definition) is 1. The van der Waals surface area contributed by atoms with Crippen LogP contribution in [0.2, 0.25) is 5.02 Å². The quantitative estimate of drug-likeness (QED) is 0.845. The van der Waals surface area contributed by atoms with Gasteiger partial charge in [-0.25, -0.2) is 9.99 Å². The number of hydrogen-bond acceptors (Lipinski definition) is 5. The van der Waals surface area contributed by atoms with E-state index in [9.17, 15) is 9.59 Å². The molecule has 2 amide bonds. The van der Waals surface area contributed by atoms with Crippen molar-refractivity contribution in [1.82, 2.24) is 9.99 Å². The molecule has 1 aromatic carbocycles. The van der Waals surface area contributed by atoms with Crippen molar-refractivity contribution in [3.8, 4) is 0 Å². The predicted molar refractivity (Wildman–Crippen MR) is 104 cm³/mol. The smallest absolute Gasteiger partial charge is 0.273 e. The van der Waals surface area contributed by atoms with Gasteiger partial charge < -0.3 is 0 Å². The highest BCUT2D eigenvalue weighted by Crippen LogP contribution is 2.23. The molecule has 0 radical (unpaired) electrons. The lowest BCUT2D eigenvalue weighted by molar-refractivity contribution is -0.133. The van der Waals surface area contributed by atoms with Gasteiger partial charge in [-0.2, -0.15) is 5.10 Å². The number of anilines is 1. The van der Waals surface area contributed by atoms with Gasteiger partial charge in [-0.3, -0.25) is 14.9 Å². The maximum atomic E-state index is 12.4. The molecule has 1 aliphatic heterocycles. The molecule has 136 valence electrons. The number of rotatable bonds is 5. The van der Waals surface area contributed by atoms with Crippen molar-refractivity contribution in [3.05, 3.63) is 45.9 Å². The Kier molecular flexibility index (Phi) is 5.68. The summed E-state index contributed by atoms with van der Waals surface area (Å²) in [4.78, 5) is 29.5. The molecule has 1 N–H and O–H groups in total. The molecule has 1 aliphatic rings. The van der Waals surface area contributed by atoms with Gasteiger partial charge in [0.2, 0.25) is 5.91 Å². The maximum Gasteiger partial charge on any atom is 0.273 e. The summed E-state index contributed by atoms with van der Waals surface area (Å²) in [5.74, 6) is -0.374. The number of hydrazone groups is 1. The van der Waals surface area contributed by atoms with E-state index < -0.39 is 0 Å². The van der Waals surface area contributed by atoms with Gasteiger partial charge >= 0.3 is 0 Å². The van der Waals surface area contributed by atoms with Gasteiger partial charge in [0, 0.05) is 41.4 Å².